The predicted molar refractivity (Wildman–Crippen MR) is 50.3 cm³/mol. The Labute approximate surface area is 87.9 Å². The van der Waals surface area contributed by atoms with Gasteiger partial charge in [0.1, 0.15) is 0 Å². The molecular formula is C8H15I2-. The van der Waals surface area contributed by atoms with Crippen LogP contribution >= 0.6 is 22.6 Å². The minimum atomic E-state index is 0.435. The summed E-state index contributed by atoms with van der Waals surface area (Å²) in [6.07, 6.45) is 6.00. The molecule has 0 aromatic carbocycles. The standard InChI is InChI=1S/C8H15I2/c1-8(9,10-2)7-5-3-4-6-7/h7H,3-6H2,1-2H3/q-1/t8-/m0/s1. The molecule has 1 fully saturated rings. The van der Waals surface area contributed by atoms with Crippen LogP contribution in [0.1, 0.15) is 32.6 Å². The minimum absolute atomic E-state index is 0.435. The summed E-state index contributed by atoms with van der Waals surface area (Å²) in [5.41, 5.74) is 0. The molecule has 62 valence electrons. The predicted octanol–water partition coefficient (Wildman–Crippen LogP) is 0.0466. The van der Waals surface area contributed by atoms with Crippen LogP contribution in [-0.2, 0) is 0 Å². The molecule has 0 aromatic heterocycles. The molecule has 0 aliphatic heterocycles. The first-order valence-electron chi connectivity index (χ1n) is 3.86. The molecule has 0 radical (unpaired) electrons. The monoisotopic (exact) mass is 365 g/mol. The van der Waals surface area contributed by atoms with E-state index in [4.69, 9.17) is 0 Å². The third kappa shape index (κ3) is 2.22. The molecule has 0 amide bonds. The fraction of sp³-hybridized carbons (Fsp3) is 1.00. The normalized spacial score (nSPS) is 27.1. The van der Waals surface area contributed by atoms with E-state index in [2.05, 4.69) is 34.4 Å². The average molecular weight is 365 g/mol. The number of halogens is 2. The van der Waals surface area contributed by atoms with Crippen LogP contribution < -0.4 is 21.2 Å². The van der Waals surface area contributed by atoms with Crippen LogP contribution in [0.3, 0.4) is 0 Å². The van der Waals surface area contributed by atoms with E-state index < -0.39 is 0 Å². The first-order chi connectivity index (χ1) is 4.67. The third-order valence-corrected chi connectivity index (χ3v) is 9.05. The Hall–Kier alpha value is 1.46. The second kappa shape index (κ2) is 3.92. The van der Waals surface area contributed by atoms with Crippen LogP contribution in [0.25, 0.3) is 0 Å². The van der Waals surface area contributed by atoms with E-state index in [-0.39, 0.29) is 0 Å². The van der Waals surface area contributed by atoms with E-state index in [9.17, 15) is 0 Å². The molecule has 0 aromatic rings. The van der Waals surface area contributed by atoms with Gasteiger partial charge in [-0.05, 0) is 0 Å². The van der Waals surface area contributed by atoms with Crippen LogP contribution in [0, 0.1) is 5.92 Å². The Morgan fingerprint density at radius 3 is 2.30 bits per heavy atom. The van der Waals surface area contributed by atoms with E-state index in [1.807, 2.05) is 0 Å². The Kier molecular flexibility index (Phi) is 3.74. The summed E-state index contributed by atoms with van der Waals surface area (Å²) in [6, 6.07) is 0. The van der Waals surface area contributed by atoms with E-state index in [1.165, 1.54) is 25.7 Å². The zero-order chi connectivity index (χ0) is 7.61. The summed E-state index contributed by atoms with van der Waals surface area (Å²) in [5, 5.41) is 0. The van der Waals surface area contributed by atoms with Crippen molar-refractivity contribution < 1.29 is 21.2 Å². The Bertz CT molecular complexity index is 104. The number of rotatable bonds is 2. The Morgan fingerprint density at radius 2 is 1.90 bits per heavy atom. The summed E-state index contributed by atoms with van der Waals surface area (Å²) >= 11 is 3.13. The topological polar surface area (TPSA) is 0 Å². The van der Waals surface area contributed by atoms with Crippen LogP contribution in [0.5, 0.6) is 0 Å². The zero-order valence-corrected chi connectivity index (χ0v) is 11.0. The van der Waals surface area contributed by atoms with Crippen molar-refractivity contribution >= 4 is 22.6 Å². The first kappa shape index (κ1) is 9.55. The molecule has 10 heavy (non-hydrogen) atoms. The van der Waals surface area contributed by atoms with Crippen molar-refractivity contribution in [1.82, 2.24) is 0 Å². The van der Waals surface area contributed by atoms with Crippen LogP contribution in [0.2, 0.25) is 0 Å². The summed E-state index contributed by atoms with van der Waals surface area (Å²) < 4.78 is 0.702. The molecule has 0 bridgehead atoms. The van der Waals surface area contributed by atoms with Crippen molar-refractivity contribution in [3.63, 3.8) is 0 Å². The molecule has 1 atom stereocenters. The van der Waals surface area contributed by atoms with Gasteiger partial charge < -0.3 is 0 Å². The fourth-order valence-corrected chi connectivity index (χ4v) is 3.71. The van der Waals surface area contributed by atoms with Crippen LogP contribution in [-0.4, -0.2) is 6.36 Å². The number of hydrogen-bond acceptors (Lipinski definition) is 0. The van der Waals surface area contributed by atoms with Crippen molar-refractivity contribution in [3.8, 4) is 0 Å². The molecule has 0 nitrogen and oxygen atoms in total. The summed E-state index contributed by atoms with van der Waals surface area (Å²) in [5.74, 6) is 1.06. The Morgan fingerprint density at radius 1 is 1.40 bits per heavy atom. The van der Waals surface area contributed by atoms with Gasteiger partial charge in [0.25, 0.3) is 0 Å². The molecule has 1 saturated carbocycles. The van der Waals surface area contributed by atoms with Gasteiger partial charge in [0, 0.05) is 0 Å². The van der Waals surface area contributed by atoms with Gasteiger partial charge in [-0.25, -0.2) is 0 Å². The second-order valence-corrected chi connectivity index (χ2v) is 10.8. The van der Waals surface area contributed by atoms with Crippen molar-refractivity contribution in [2.75, 3.05) is 4.93 Å². The van der Waals surface area contributed by atoms with Gasteiger partial charge in [0.05, 0.1) is 0 Å². The maximum absolute atomic E-state index is 2.69. The summed E-state index contributed by atoms with van der Waals surface area (Å²) in [4.78, 5) is 2.42. The quantitative estimate of drug-likeness (QED) is 0.479. The van der Waals surface area contributed by atoms with E-state index in [0.717, 1.165) is 5.92 Å². The Balaban J connectivity index is 2.45. The van der Waals surface area contributed by atoms with Gasteiger partial charge in [-0.3, -0.25) is 0 Å². The van der Waals surface area contributed by atoms with Crippen LogP contribution in [0.4, 0.5) is 0 Å². The van der Waals surface area contributed by atoms with Crippen molar-refractivity contribution in [3.05, 3.63) is 0 Å². The first-order valence-corrected chi connectivity index (χ1v) is 8.18. The number of alkyl halides is 3. The van der Waals surface area contributed by atoms with Crippen molar-refractivity contribution in [1.29, 1.82) is 0 Å². The maximum atomic E-state index is 2.69. The van der Waals surface area contributed by atoms with Gasteiger partial charge in [-0.1, -0.05) is 0 Å². The van der Waals surface area contributed by atoms with Crippen molar-refractivity contribution in [2.45, 2.75) is 34.0 Å². The van der Waals surface area contributed by atoms with Gasteiger partial charge >= 0.3 is 88.7 Å². The van der Waals surface area contributed by atoms with E-state index in [0.29, 0.717) is 22.6 Å². The third-order valence-electron chi connectivity index (χ3n) is 2.44. The van der Waals surface area contributed by atoms with Gasteiger partial charge in [-0.15, -0.1) is 0 Å². The molecule has 0 saturated heterocycles. The molecule has 1 rings (SSSR count). The molecule has 0 N–H and O–H groups in total. The molecule has 0 spiro atoms. The SMILES string of the molecule is C[I-][C@](C)(I)C1CCCC1. The molecule has 2 heteroatoms. The van der Waals surface area contributed by atoms with Gasteiger partial charge in [-0.2, -0.15) is 0 Å². The summed E-state index contributed by atoms with van der Waals surface area (Å²) in [6.45, 7) is 2.46. The van der Waals surface area contributed by atoms with Gasteiger partial charge in [0.2, 0.25) is 0 Å². The van der Waals surface area contributed by atoms with E-state index >= 15 is 0 Å². The van der Waals surface area contributed by atoms with Gasteiger partial charge in [0.15, 0.2) is 0 Å². The number of hydrogen-bond donors (Lipinski definition) is 0. The van der Waals surface area contributed by atoms with Crippen molar-refractivity contribution in [2.24, 2.45) is 5.92 Å². The molecule has 0 unspecified atom stereocenters. The van der Waals surface area contributed by atoms with E-state index in [1.54, 1.807) is 0 Å². The summed E-state index contributed by atoms with van der Waals surface area (Å²) in [7, 11) is 0. The molecule has 1 aliphatic rings. The molecule has 0 heterocycles. The second-order valence-electron chi connectivity index (χ2n) is 3.13. The molecule has 1 aliphatic carbocycles. The average Bonchev–Trinajstić information content (AvgIpc) is 2.38. The molecular weight excluding hydrogens is 350 g/mol. The zero-order valence-electron chi connectivity index (χ0n) is 6.66. The van der Waals surface area contributed by atoms with Crippen LogP contribution in [0.15, 0.2) is 0 Å². The fourth-order valence-electron chi connectivity index (χ4n) is 1.59.